The second-order valence-electron chi connectivity index (χ2n) is 5.99. The highest BCUT2D eigenvalue weighted by atomic mass is 35.5. The quantitative estimate of drug-likeness (QED) is 0.750. The molecule has 1 aromatic carbocycles. The van der Waals surface area contributed by atoms with Crippen LogP contribution in [-0.2, 0) is 0 Å². The third kappa shape index (κ3) is 3.44. The van der Waals surface area contributed by atoms with E-state index >= 15 is 0 Å². The Morgan fingerprint density at radius 2 is 1.67 bits per heavy atom. The Morgan fingerprint density at radius 3 is 2.24 bits per heavy atom. The van der Waals surface area contributed by atoms with E-state index in [1.165, 1.54) is 37.7 Å². The molecule has 1 aromatic heterocycles. The van der Waals surface area contributed by atoms with Crippen LogP contribution in [0, 0.1) is 5.92 Å². The van der Waals surface area contributed by atoms with Gasteiger partial charge in [-0.25, -0.2) is 0 Å². The summed E-state index contributed by atoms with van der Waals surface area (Å²) in [5, 5.41) is 8.46. The molecule has 1 heterocycles. The Kier molecular flexibility index (Phi) is 4.54. The molecule has 0 saturated heterocycles. The zero-order valence-electron chi connectivity index (χ0n) is 12.4. The van der Waals surface area contributed by atoms with E-state index < -0.39 is 0 Å². The smallest absolute Gasteiger partial charge is 0.149 e. The maximum Gasteiger partial charge on any atom is 0.151 e. The summed E-state index contributed by atoms with van der Waals surface area (Å²) in [5.41, 5.74) is 3.45. The summed E-state index contributed by atoms with van der Waals surface area (Å²) >= 11 is 5.78. The lowest BCUT2D eigenvalue weighted by atomic mass is 9.78. The van der Waals surface area contributed by atoms with Crippen molar-refractivity contribution in [3.05, 3.63) is 47.1 Å². The molecule has 0 amide bonds. The van der Waals surface area contributed by atoms with Gasteiger partial charge in [0.2, 0.25) is 0 Å². The van der Waals surface area contributed by atoms with Gasteiger partial charge in [-0.2, -0.15) is 0 Å². The average molecular weight is 301 g/mol. The number of rotatable bonds is 3. The first-order valence-corrected chi connectivity index (χ1v) is 8.23. The average Bonchev–Trinajstić information content (AvgIpc) is 2.56. The molecule has 0 bridgehead atoms. The largest absolute Gasteiger partial charge is 0.151 e. The lowest BCUT2D eigenvalue weighted by Crippen LogP contribution is -2.12. The number of hydrogen-bond donors (Lipinski definition) is 0. The zero-order valence-corrected chi connectivity index (χ0v) is 13.2. The molecule has 3 rings (SSSR count). The van der Waals surface area contributed by atoms with Crippen molar-refractivity contribution < 1.29 is 0 Å². The Bertz CT molecular complexity index is 569. The van der Waals surface area contributed by atoms with E-state index in [0.717, 1.165) is 23.1 Å². The maximum absolute atomic E-state index is 5.78. The van der Waals surface area contributed by atoms with Crippen molar-refractivity contribution in [2.75, 3.05) is 0 Å². The first-order valence-electron chi connectivity index (χ1n) is 7.86. The van der Waals surface area contributed by atoms with Crippen molar-refractivity contribution in [2.24, 2.45) is 5.92 Å². The molecule has 2 aromatic rings. The molecular formula is C18H21ClN2. The third-order valence-electron chi connectivity index (χ3n) is 4.73. The monoisotopic (exact) mass is 300 g/mol. The van der Waals surface area contributed by atoms with Crippen LogP contribution < -0.4 is 0 Å². The normalized spacial score (nSPS) is 22.2. The summed E-state index contributed by atoms with van der Waals surface area (Å²) in [6.07, 6.45) is 6.76. The van der Waals surface area contributed by atoms with E-state index in [1.807, 2.05) is 6.07 Å². The molecule has 0 aliphatic heterocycles. The van der Waals surface area contributed by atoms with Crippen molar-refractivity contribution in [2.45, 2.75) is 44.9 Å². The molecule has 3 heteroatoms. The van der Waals surface area contributed by atoms with Gasteiger partial charge in [0.15, 0.2) is 5.15 Å². The second-order valence-corrected chi connectivity index (χ2v) is 6.38. The van der Waals surface area contributed by atoms with Crippen molar-refractivity contribution in [3.63, 3.8) is 0 Å². The predicted octanol–water partition coefficient (Wildman–Crippen LogP) is 5.48. The van der Waals surface area contributed by atoms with Gasteiger partial charge in [0.1, 0.15) is 0 Å². The van der Waals surface area contributed by atoms with Crippen LogP contribution in [0.1, 0.15) is 50.5 Å². The molecule has 1 fully saturated rings. The fourth-order valence-corrected chi connectivity index (χ4v) is 3.40. The van der Waals surface area contributed by atoms with E-state index in [9.17, 15) is 0 Å². The van der Waals surface area contributed by atoms with Crippen LogP contribution in [0.25, 0.3) is 11.3 Å². The molecule has 1 aliphatic rings. The third-order valence-corrected chi connectivity index (χ3v) is 4.94. The topological polar surface area (TPSA) is 25.8 Å². The molecule has 21 heavy (non-hydrogen) atoms. The molecule has 0 atom stereocenters. The van der Waals surface area contributed by atoms with Crippen molar-refractivity contribution in [3.8, 4) is 11.3 Å². The van der Waals surface area contributed by atoms with Gasteiger partial charge in [-0.05, 0) is 55.2 Å². The summed E-state index contributed by atoms with van der Waals surface area (Å²) < 4.78 is 0. The SMILES string of the molecule is CCC1CCC(c2ccc(-c3ccc(Cl)nn3)cc2)CC1. The van der Waals surface area contributed by atoms with E-state index in [4.69, 9.17) is 11.6 Å². The van der Waals surface area contributed by atoms with Gasteiger partial charge in [0.25, 0.3) is 0 Å². The Labute approximate surface area is 131 Å². The molecule has 1 aliphatic carbocycles. The van der Waals surface area contributed by atoms with Crippen LogP contribution in [0.3, 0.4) is 0 Å². The van der Waals surface area contributed by atoms with Gasteiger partial charge in [0, 0.05) is 5.56 Å². The predicted molar refractivity (Wildman–Crippen MR) is 87.5 cm³/mol. The summed E-state index contributed by atoms with van der Waals surface area (Å²) in [5.74, 6) is 1.68. The number of nitrogens with zero attached hydrogens (tertiary/aromatic N) is 2. The first kappa shape index (κ1) is 14.5. The van der Waals surface area contributed by atoms with E-state index in [-0.39, 0.29) is 0 Å². The van der Waals surface area contributed by atoms with Crippen molar-refractivity contribution in [1.29, 1.82) is 0 Å². The number of benzene rings is 1. The van der Waals surface area contributed by atoms with Gasteiger partial charge in [-0.3, -0.25) is 0 Å². The lowest BCUT2D eigenvalue weighted by molar-refractivity contribution is 0.319. The Balaban J connectivity index is 1.71. The highest BCUT2D eigenvalue weighted by molar-refractivity contribution is 6.29. The molecule has 0 spiro atoms. The van der Waals surface area contributed by atoms with Crippen molar-refractivity contribution >= 4 is 11.6 Å². The first-order chi connectivity index (χ1) is 10.3. The molecule has 0 unspecified atom stereocenters. The van der Waals surface area contributed by atoms with Crippen LogP contribution in [0.4, 0.5) is 0 Å². The summed E-state index contributed by atoms with van der Waals surface area (Å²) in [7, 11) is 0. The summed E-state index contributed by atoms with van der Waals surface area (Å²) in [6.45, 7) is 2.31. The summed E-state index contributed by atoms with van der Waals surface area (Å²) in [6, 6.07) is 12.5. The van der Waals surface area contributed by atoms with Gasteiger partial charge in [-0.15, -0.1) is 10.2 Å². The minimum Gasteiger partial charge on any atom is -0.149 e. The van der Waals surface area contributed by atoms with Crippen LogP contribution >= 0.6 is 11.6 Å². The molecule has 1 saturated carbocycles. The standard InChI is InChI=1S/C18H21ClN2/c1-2-13-3-5-14(6-4-13)15-7-9-16(10-8-15)17-11-12-18(19)21-20-17/h7-14H,2-6H2,1H3. The number of aromatic nitrogens is 2. The van der Waals surface area contributed by atoms with Crippen LogP contribution in [0.5, 0.6) is 0 Å². The minimum atomic E-state index is 0.433. The molecule has 2 nitrogen and oxygen atoms in total. The molecule has 0 radical (unpaired) electrons. The van der Waals surface area contributed by atoms with E-state index in [1.54, 1.807) is 6.07 Å². The van der Waals surface area contributed by atoms with Crippen LogP contribution in [0.2, 0.25) is 5.15 Å². The highest BCUT2D eigenvalue weighted by Crippen LogP contribution is 2.37. The van der Waals surface area contributed by atoms with Gasteiger partial charge >= 0.3 is 0 Å². The van der Waals surface area contributed by atoms with Gasteiger partial charge in [-0.1, -0.05) is 49.2 Å². The Hall–Kier alpha value is -1.41. The van der Waals surface area contributed by atoms with Crippen molar-refractivity contribution in [1.82, 2.24) is 10.2 Å². The molecular weight excluding hydrogens is 280 g/mol. The van der Waals surface area contributed by atoms with Crippen LogP contribution in [-0.4, -0.2) is 10.2 Å². The van der Waals surface area contributed by atoms with Gasteiger partial charge < -0.3 is 0 Å². The lowest BCUT2D eigenvalue weighted by Gasteiger charge is -2.28. The fraction of sp³-hybridized carbons (Fsp3) is 0.444. The maximum atomic E-state index is 5.78. The minimum absolute atomic E-state index is 0.433. The number of halogens is 1. The fourth-order valence-electron chi connectivity index (χ4n) is 3.30. The van der Waals surface area contributed by atoms with E-state index in [0.29, 0.717) is 5.15 Å². The van der Waals surface area contributed by atoms with Crippen LogP contribution in [0.15, 0.2) is 36.4 Å². The molecule has 0 N–H and O–H groups in total. The zero-order chi connectivity index (χ0) is 14.7. The summed E-state index contributed by atoms with van der Waals surface area (Å²) in [4.78, 5) is 0. The molecule has 110 valence electrons. The van der Waals surface area contributed by atoms with Gasteiger partial charge in [0.05, 0.1) is 5.69 Å². The Morgan fingerprint density at radius 1 is 0.952 bits per heavy atom. The second kappa shape index (κ2) is 6.57. The number of hydrogen-bond acceptors (Lipinski definition) is 2. The highest BCUT2D eigenvalue weighted by Gasteiger charge is 2.21. The van der Waals surface area contributed by atoms with E-state index in [2.05, 4.69) is 41.4 Å².